The summed E-state index contributed by atoms with van der Waals surface area (Å²) in [5, 5.41) is 4.27. The quantitative estimate of drug-likeness (QED) is 0.946. The minimum atomic E-state index is -4.39. The highest BCUT2D eigenvalue weighted by molar-refractivity contribution is 5.65. The fourth-order valence-corrected chi connectivity index (χ4v) is 2.10. The van der Waals surface area contributed by atoms with Gasteiger partial charge < -0.3 is 5.73 Å². The number of alkyl halides is 3. The smallest absolute Gasteiger partial charge is 0.384 e. The van der Waals surface area contributed by atoms with Crippen LogP contribution in [0.1, 0.15) is 25.0 Å². The second-order valence-corrected chi connectivity index (χ2v) is 5.36. The third-order valence-electron chi connectivity index (χ3n) is 3.14. The molecular formula is C14H17F3N4. The predicted molar refractivity (Wildman–Crippen MR) is 74.4 cm³/mol. The zero-order valence-corrected chi connectivity index (χ0v) is 12.1. The number of nitrogens with zero attached hydrogens (tertiary/aromatic N) is 3. The van der Waals surface area contributed by atoms with Crippen molar-refractivity contribution < 1.29 is 13.2 Å². The molecule has 7 heteroatoms. The number of hydrogen-bond donors (Lipinski definition) is 1. The van der Waals surface area contributed by atoms with Gasteiger partial charge >= 0.3 is 6.18 Å². The van der Waals surface area contributed by atoms with E-state index < -0.39 is 11.7 Å². The SMILES string of the molecule is CC(C)Cc1c(-c2ccc(C(F)(F)F)cn2)nn(C)c1N. The number of aryl methyl sites for hydroxylation is 1. The van der Waals surface area contributed by atoms with E-state index in [-0.39, 0.29) is 0 Å². The fourth-order valence-electron chi connectivity index (χ4n) is 2.10. The van der Waals surface area contributed by atoms with E-state index in [1.807, 2.05) is 13.8 Å². The Morgan fingerprint density at radius 2 is 1.95 bits per heavy atom. The summed E-state index contributed by atoms with van der Waals surface area (Å²) >= 11 is 0. The van der Waals surface area contributed by atoms with E-state index >= 15 is 0 Å². The molecule has 0 aromatic carbocycles. The number of nitrogens with two attached hydrogens (primary N) is 1. The van der Waals surface area contributed by atoms with Gasteiger partial charge in [-0.1, -0.05) is 13.8 Å². The highest BCUT2D eigenvalue weighted by atomic mass is 19.4. The van der Waals surface area contributed by atoms with Crippen LogP contribution >= 0.6 is 0 Å². The van der Waals surface area contributed by atoms with E-state index in [1.54, 1.807) is 7.05 Å². The molecule has 0 aliphatic rings. The molecular weight excluding hydrogens is 281 g/mol. The number of nitrogen functional groups attached to an aromatic ring is 1. The maximum Gasteiger partial charge on any atom is 0.417 e. The number of rotatable bonds is 3. The summed E-state index contributed by atoms with van der Waals surface area (Å²) in [7, 11) is 1.70. The van der Waals surface area contributed by atoms with Gasteiger partial charge in [0, 0.05) is 18.8 Å². The van der Waals surface area contributed by atoms with Crippen LogP contribution in [-0.4, -0.2) is 14.8 Å². The molecule has 21 heavy (non-hydrogen) atoms. The number of aromatic nitrogens is 3. The van der Waals surface area contributed by atoms with E-state index in [0.29, 0.717) is 29.5 Å². The Morgan fingerprint density at radius 1 is 1.29 bits per heavy atom. The van der Waals surface area contributed by atoms with Crippen molar-refractivity contribution in [3.63, 3.8) is 0 Å². The molecule has 0 radical (unpaired) electrons. The van der Waals surface area contributed by atoms with E-state index in [9.17, 15) is 13.2 Å². The summed E-state index contributed by atoms with van der Waals surface area (Å²) in [5.74, 6) is 0.866. The Morgan fingerprint density at radius 3 is 2.43 bits per heavy atom. The summed E-state index contributed by atoms with van der Waals surface area (Å²) in [5.41, 5.74) is 6.96. The van der Waals surface area contributed by atoms with Crippen LogP contribution in [-0.2, 0) is 19.6 Å². The second kappa shape index (κ2) is 5.38. The fraction of sp³-hybridized carbons (Fsp3) is 0.429. The van der Waals surface area contributed by atoms with E-state index in [0.717, 1.165) is 17.8 Å². The van der Waals surface area contributed by atoms with Gasteiger partial charge in [-0.15, -0.1) is 0 Å². The summed E-state index contributed by atoms with van der Waals surface area (Å²) in [6.45, 7) is 4.08. The first kappa shape index (κ1) is 15.3. The molecule has 2 N–H and O–H groups in total. The van der Waals surface area contributed by atoms with Crippen LogP contribution in [0.25, 0.3) is 11.4 Å². The monoisotopic (exact) mass is 298 g/mol. The molecule has 0 unspecified atom stereocenters. The van der Waals surface area contributed by atoms with E-state index in [1.165, 1.54) is 10.7 Å². The second-order valence-electron chi connectivity index (χ2n) is 5.36. The average molecular weight is 298 g/mol. The molecule has 0 spiro atoms. The van der Waals surface area contributed by atoms with Gasteiger partial charge in [0.25, 0.3) is 0 Å². The van der Waals surface area contributed by atoms with Crippen molar-refractivity contribution in [2.45, 2.75) is 26.4 Å². The van der Waals surface area contributed by atoms with Crippen LogP contribution < -0.4 is 5.73 Å². The van der Waals surface area contributed by atoms with Gasteiger partial charge in [0.05, 0.1) is 11.3 Å². The predicted octanol–water partition coefficient (Wildman–Crippen LogP) is 3.28. The molecule has 2 aromatic heterocycles. The highest BCUT2D eigenvalue weighted by Gasteiger charge is 2.31. The molecule has 0 atom stereocenters. The van der Waals surface area contributed by atoms with Crippen molar-refractivity contribution in [1.29, 1.82) is 0 Å². The number of halogens is 3. The maximum absolute atomic E-state index is 12.6. The molecule has 0 aliphatic heterocycles. The molecule has 4 nitrogen and oxygen atoms in total. The Labute approximate surface area is 120 Å². The third kappa shape index (κ3) is 3.17. The lowest BCUT2D eigenvalue weighted by Crippen LogP contribution is -2.05. The summed E-state index contributed by atoms with van der Waals surface area (Å²) < 4.78 is 39.2. The third-order valence-corrected chi connectivity index (χ3v) is 3.14. The van der Waals surface area contributed by atoms with Gasteiger partial charge in [0.1, 0.15) is 11.5 Å². The first-order valence-electron chi connectivity index (χ1n) is 6.55. The van der Waals surface area contributed by atoms with Gasteiger partial charge in [0.2, 0.25) is 0 Å². The van der Waals surface area contributed by atoms with Gasteiger partial charge in [0.15, 0.2) is 0 Å². The largest absolute Gasteiger partial charge is 0.417 e. The molecule has 0 amide bonds. The molecule has 0 aliphatic carbocycles. The Hall–Kier alpha value is -2.05. The average Bonchev–Trinajstić information content (AvgIpc) is 2.66. The van der Waals surface area contributed by atoms with Crippen molar-refractivity contribution in [3.8, 4) is 11.4 Å². The van der Waals surface area contributed by atoms with E-state index in [4.69, 9.17) is 5.73 Å². The minimum absolute atomic E-state index is 0.352. The first-order chi connectivity index (χ1) is 9.70. The number of anilines is 1. The molecule has 114 valence electrons. The van der Waals surface area contributed by atoms with Crippen molar-refractivity contribution in [2.24, 2.45) is 13.0 Å². The van der Waals surface area contributed by atoms with Crippen LogP contribution in [0, 0.1) is 5.92 Å². The molecule has 0 fully saturated rings. The van der Waals surface area contributed by atoms with Crippen molar-refractivity contribution in [3.05, 3.63) is 29.5 Å². The molecule has 0 saturated carbocycles. The first-order valence-corrected chi connectivity index (χ1v) is 6.55. The zero-order chi connectivity index (χ0) is 15.8. The van der Waals surface area contributed by atoms with Gasteiger partial charge in [-0.05, 0) is 24.5 Å². The van der Waals surface area contributed by atoms with Crippen LogP contribution in [0.4, 0.5) is 19.0 Å². The Bertz CT molecular complexity index is 627. The molecule has 0 saturated heterocycles. The molecule has 0 bridgehead atoms. The molecule has 2 aromatic rings. The lowest BCUT2D eigenvalue weighted by atomic mass is 10.0. The van der Waals surface area contributed by atoms with Gasteiger partial charge in [-0.2, -0.15) is 18.3 Å². The van der Waals surface area contributed by atoms with Crippen molar-refractivity contribution >= 4 is 5.82 Å². The lowest BCUT2D eigenvalue weighted by molar-refractivity contribution is -0.137. The molecule has 2 rings (SSSR count). The van der Waals surface area contributed by atoms with Gasteiger partial charge in [-0.25, -0.2) is 0 Å². The van der Waals surface area contributed by atoms with Gasteiger partial charge in [-0.3, -0.25) is 9.67 Å². The maximum atomic E-state index is 12.6. The summed E-state index contributed by atoms with van der Waals surface area (Å²) in [6, 6.07) is 2.33. The Balaban J connectivity index is 2.44. The van der Waals surface area contributed by atoms with Crippen molar-refractivity contribution in [2.75, 3.05) is 5.73 Å². The van der Waals surface area contributed by atoms with Crippen LogP contribution in [0.3, 0.4) is 0 Å². The number of hydrogen-bond acceptors (Lipinski definition) is 3. The normalized spacial score (nSPS) is 12.1. The topological polar surface area (TPSA) is 56.7 Å². The van der Waals surface area contributed by atoms with Crippen LogP contribution in [0.15, 0.2) is 18.3 Å². The Kier molecular flexibility index (Phi) is 3.93. The lowest BCUT2D eigenvalue weighted by Gasteiger charge is -2.08. The number of pyridine rings is 1. The van der Waals surface area contributed by atoms with Crippen LogP contribution in [0.2, 0.25) is 0 Å². The van der Waals surface area contributed by atoms with E-state index in [2.05, 4.69) is 10.1 Å². The molecule has 2 heterocycles. The summed E-state index contributed by atoms with van der Waals surface area (Å²) in [4.78, 5) is 3.89. The standard InChI is InChI=1S/C14H17F3N4/c1-8(2)6-10-12(20-21(3)13(10)18)11-5-4-9(7-19-11)14(15,16)17/h4-5,7-8H,6,18H2,1-3H3. The zero-order valence-electron chi connectivity index (χ0n) is 12.1. The minimum Gasteiger partial charge on any atom is -0.384 e. The summed E-state index contributed by atoms with van der Waals surface area (Å²) in [6.07, 6.45) is -2.88. The van der Waals surface area contributed by atoms with Crippen LogP contribution in [0.5, 0.6) is 0 Å². The van der Waals surface area contributed by atoms with Crippen molar-refractivity contribution in [1.82, 2.24) is 14.8 Å². The highest BCUT2D eigenvalue weighted by Crippen LogP contribution is 2.31.